The Balaban J connectivity index is 1.91. The van der Waals surface area contributed by atoms with Gasteiger partial charge in [0.15, 0.2) is 0 Å². The summed E-state index contributed by atoms with van der Waals surface area (Å²) in [5, 5.41) is 8.90. The van der Waals surface area contributed by atoms with Gasteiger partial charge in [0.2, 0.25) is 10.0 Å². The number of hydrogen-bond acceptors (Lipinski definition) is 3. The molecule has 0 atom stereocenters. The molecule has 5 nitrogen and oxygen atoms in total. The Morgan fingerprint density at radius 3 is 2.52 bits per heavy atom. The lowest BCUT2D eigenvalue weighted by molar-refractivity contribution is -0.142. The fourth-order valence-electron chi connectivity index (χ4n) is 2.60. The number of benzene rings is 1. The number of carboxylic acid groups (broad SMARTS) is 1. The molecular formula is C14H18FNO4S. The maximum absolute atomic E-state index is 13.0. The van der Waals surface area contributed by atoms with E-state index in [0.29, 0.717) is 31.2 Å². The van der Waals surface area contributed by atoms with Gasteiger partial charge >= 0.3 is 5.97 Å². The van der Waals surface area contributed by atoms with Crippen molar-refractivity contribution in [2.45, 2.75) is 37.5 Å². The number of halogens is 1. The van der Waals surface area contributed by atoms with E-state index in [4.69, 9.17) is 5.11 Å². The number of aliphatic carboxylic acids is 1. The summed E-state index contributed by atoms with van der Waals surface area (Å²) in [5.41, 5.74) is 0.390. The smallest absolute Gasteiger partial charge is 0.306 e. The van der Waals surface area contributed by atoms with Crippen LogP contribution < -0.4 is 4.72 Å². The summed E-state index contributed by atoms with van der Waals surface area (Å²) in [5.74, 6) is -1.95. The average molecular weight is 315 g/mol. The molecule has 2 N–H and O–H groups in total. The Hall–Kier alpha value is -1.47. The SMILES string of the molecule is O=C(O)C1CCC(NS(=O)(=O)Cc2cccc(F)c2)CC1. The van der Waals surface area contributed by atoms with Gasteiger partial charge in [-0.05, 0) is 43.4 Å². The third-order valence-corrected chi connectivity index (χ3v) is 5.07. The van der Waals surface area contributed by atoms with Gasteiger partial charge in [-0.1, -0.05) is 12.1 Å². The molecule has 0 heterocycles. The molecule has 21 heavy (non-hydrogen) atoms. The van der Waals surface area contributed by atoms with Gasteiger partial charge in [-0.25, -0.2) is 17.5 Å². The van der Waals surface area contributed by atoms with E-state index in [9.17, 15) is 17.6 Å². The molecule has 116 valence electrons. The topological polar surface area (TPSA) is 83.5 Å². The van der Waals surface area contributed by atoms with E-state index in [1.54, 1.807) is 6.07 Å². The highest BCUT2D eigenvalue weighted by atomic mass is 32.2. The fourth-order valence-corrected chi connectivity index (χ4v) is 4.05. The lowest BCUT2D eigenvalue weighted by Gasteiger charge is -2.26. The minimum atomic E-state index is -3.55. The molecule has 1 aliphatic rings. The molecule has 0 bridgehead atoms. The highest BCUT2D eigenvalue weighted by molar-refractivity contribution is 7.88. The van der Waals surface area contributed by atoms with Gasteiger partial charge in [0, 0.05) is 6.04 Å². The van der Waals surface area contributed by atoms with Crippen molar-refractivity contribution in [1.82, 2.24) is 4.72 Å². The van der Waals surface area contributed by atoms with E-state index in [-0.39, 0.29) is 17.7 Å². The summed E-state index contributed by atoms with van der Waals surface area (Å²) in [4.78, 5) is 10.8. The highest BCUT2D eigenvalue weighted by Gasteiger charge is 2.28. The number of sulfonamides is 1. The van der Waals surface area contributed by atoms with Crippen molar-refractivity contribution in [2.24, 2.45) is 5.92 Å². The van der Waals surface area contributed by atoms with Gasteiger partial charge in [-0.3, -0.25) is 4.79 Å². The predicted molar refractivity (Wildman–Crippen MR) is 75.5 cm³/mol. The number of carboxylic acids is 1. The third kappa shape index (κ3) is 4.78. The molecule has 0 aromatic heterocycles. The molecule has 1 aromatic rings. The van der Waals surface area contributed by atoms with E-state index >= 15 is 0 Å². The molecule has 0 unspecified atom stereocenters. The summed E-state index contributed by atoms with van der Waals surface area (Å²) in [7, 11) is -3.55. The first-order valence-electron chi connectivity index (χ1n) is 6.83. The quantitative estimate of drug-likeness (QED) is 0.869. The highest BCUT2D eigenvalue weighted by Crippen LogP contribution is 2.25. The zero-order valence-electron chi connectivity index (χ0n) is 11.5. The zero-order valence-corrected chi connectivity index (χ0v) is 12.3. The molecule has 1 saturated carbocycles. The number of rotatable bonds is 5. The van der Waals surface area contributed by atoms with Gasteiger partial charge in [-0.2, -0.15) is 0 Å². The van der Waals surface area contributed by atoms with Crippen molar-refractivity contribution in [3.8, 4) is 0 Å². The van der Waals surface area contributed by atoms with E-state index in [0.717, 1.165) is 0 Å². The summed E-state index contributed by atoms with van der Waals surface area (Å²) < 4.78 is 39.7. The van der Waals surface area contributed by atoms with Crippen LogP contribution in [-0.4, -0.2) is 25.5 Å². The summed E-state index contributed by atoms with van der Waals surface area (Å²) >= 11 is 0. The Morgan fingerprint density at radius 1 is 1.29 bits per heavy atom. The molecule has 1 aromatic carbocycles. The largest absolute Gasteiger partial charge is 0.481 e. The van der Waals surface area contributed by atoms with Crippen molar-refractivity contribution < 1.29 is 22.7 Å². The molecular weight excluding hydrogens is 297 g/mol. The minimum absolute atomic E-state index is 0.237. The maximum atomic E-state index is 13.0. The van der Waals surface area contributed by atoms with Gasteiger partial charge in [0.25, 0.3) is 0 Å². The lowest BCUT2D eigenvalue weighted by Crippen LogP contribution is -2.39. The third-order valence-electron chi connectivity index (χ3n) is 3.67. The molecule has 0 aliphatic heterocycles. The van der Waals surface area contributed by atoms with Gasteiger partial charge < -0.3 is 5.11 Å². The molecule has 0 radical (unpaired) electrons. The Bertz CT molecular complexity index is 609. The summed E-state index contributed by atoms with van der Waals surface area (Å²) in [6.07, 6.45) is 1.98. The Kier molecular flexibility index (Phi) is 4.95. The van der Waals surface area contributed by atoms with Gasteiger partial charge in [0.05, 0.1) is 11.7 Å². The molecule has 0 spiro atoms. The maximum Gasteiger partial charge on any atom is 0.306 e. The fraction of sp³-hybridized carbons (Fsp3) is 0.500. The molecule has 1 fully saturated rings. The Morgan fingerprint density at radius 2 is 1.95 bits per heavy atom. The van der Waals surface area contributed by atoms with Gasteiger partial charge in [-0.15, -0.1) is 0 Å². The van der Waals surface area contributed by atoms with Crippen molar-refractivity contribution in [2.75, 3.05) is 0 Å². The van der Waals surface area contributed by atoms with E-state index in [1.807, 2.05) is 0 Å². The number of carbonyl (C=O) groups is 1. The predicted octanol–water partition coefficient (Wildman–Crippen LogP) is 1.89. The van der Waals surface area contributed by atoms with Crippen LogP contribution in [0, 0.1) is 11.7 Å². The molecule has 1 aliphatic carbocycles. The van der Waals surface area contributed by atoms with E-state index < -0.39 is 21.8 Å². The normalized spacial score (nSPS) is 22.9. The monoisotopic (exact) mass is 315 g/mol. The van der Waals surface area contributed by atoms with Crippen molar-refractivity contribution >= 4 is 16.0 Å². The number of nitrogens with one attached hydrogen (secondary N) is 1. The van der Waals surface area contributed by atoms with E-state index in [2.05, 4.69) is 4.72 Å². The first-order chi connectivity index (χ1) is 9.85. The second kappa shape index (κ2) is 6.53. The van der Waals surface area contributed by atoms with Crippen LogP contribution in [0.1, 0.15) is 31.2 Å². The summed E-state index contributed by atoms with van der Waals surface area (Å²) in [6.45, 7) is 0. The molecule has 7 heteroatoms. The summed E-state index contributed by atoms with van der Waals surface area (Å²) in [6, 6.07) is 5.25. The van der Waals surface area contributed by atoms with Crippen LogP contribution in [0.3, 0.4) is 0 Å². The molecule has 0 amide bonds. The molecule has 0 saturated heterocycles. The van der Waals surface area contributed by atoms with Crippen LogP contribution in [0.4, 0.5) is 4.39 Å². The van der Waals surface area contributed by atoms with Crippen molar-refractivity contribution in [3.63, 3.8) is 0 Å². The van der Waals surface area contributed by atoms with Crippen molar-refractivity contribution in [3.05, 3.63) is 35.6 Å². The van der Waals surface area contributed by atoms with Crippen LogP contribution in [0.25, 0.3) is 0 Å². The average Bonchev–Trinajstić information content (AvgIpc) is 2.38. The zero-order chi connectivity index (χ0) is 15.5. The first kappa shape index (κ1) is 15.9. The first-order valence-corrected chi connectivity index (χ1v) is 8.48. The second-order valence-electron chi connectivity index (χ2n) is 5.39. The van der Waals surface area contributed by atoms with Crippen LogP contribution in [0.15, 0.2) is 24.3 Å². The minimum Gasteiger partial charge on any atom is -0.481 e. The van der Waals surface area contributed by atoms with Crippen LogP contribution in [0.2, 0.25) is 0 Å². The van der Waals surface area contributed by atoms with Gasteiger partial charge in [0.1, 0.15) is 5.82 Å². The van der Waals surface area contributed by atoms with Crippen LogP contribution in [-0.2, 0) is 20.6 Å². The van der Waals surface area contributed by atoms with E-state index in [1.165, 1.54) is 18.2 Å². The van der Waals surface area contributed by atoms with Crippen LogP contribution >= 0.6 is 0 Å². The van der Waals surface area contributed by atoms with Crippen molar-refractivity contribution in [1.29, 1.82) is 0 Å². The Labute approximate surface area is 123 Å². The number of hydrogen-bond donors (Lipinski definition) is 2. The van der Waals surface area contributed by atoms with Crippen LogP contribution in [0.5, 0.6) is 0 Å². The standard InChI is InChI=1S/C14H18FNO4S/c15-12-3-1-2-10(8-12)9-21(19,20)16-13-6-4-11(5-7-13)14(17)18/h1-3,8,11,13,16H,4-7,9H2,(H,17,18). The lowest BCUT2D eigenvalue weighted by atomic mass is 9.87. The second-order valence-corrected chi connectivity index (χ2v) is 7.15. The molecule has 2 rings (SSSR count).